The molecule has 14 heteroatoms. The van der Waals surface area contributed by atoms with Crippen LogP contribution in [0.2, 0.25) is 0 Å². The molecule has 2 heterocycles. The summed E-state index contributed by atoms with van der Waals surface area (Å²) < 4.78 is 92.2. The van der Waals surface area contributed by atoms with Crippen molar-refractivity contribution in [2.24, 2.45) is 16.8 Å². The summed E-state index contributed by atoms with van der Waals surface area (Å²) in [6, 6.07) is 5.29. The Balaban J connectivity index is 1.31. The number of nitrogens with zero attached hydrogens (tertiary/aromatic N) is 2. The van der Waals surface area contributed by atoms with E-state index in [2.05, 4.69) is 15.6 Å². The number of benzene rings is 1. The topological polar surface area (TPSA) is 108 Å². The van der Waals surface area contributed by atoms with Crippen LogP contribution in [0.3, 0.4) is 0 Å². The summed E-state index contributed by atoms with van der Waals surface area (Å²) >= 11 is 0. The minimum Gasteiger partial charge on any atom is -0.326 e. The second kappa shape index (κ2) is 11.6. The number of carbonyl (C=O) groups excluding carboxylic acids is 2. The van der Waals surface area contributed by atoms with Crippen LogP contribution in [-0.2, 0) is 26.0 Å². The van der Waals surface area contributed by atoms with E-state index < -0.39 is 40.0 Å². The summed E-state index contributed by atoms with van der Waals surface area (Å²) in [5, 5.41) is 5.47. The van der Waals surface area contributed by atoms with Crippen LogP contribution >= 0.6 is 0 Å². The van der Waals surface area contributed by atoms with E-state index in [9.17, 15) is 40.0 Å². The molecule has 0 aromatic heterocycles. The van der Waals surface area contributed by atoms with Gasteiger partial charge in [-0.05, 0) is 81.0 Å². The number of hydrogen-bond donors (Lipinski definition) is 2. The molecule has 0 unspecified atom stereocenters. The number of nitrogens with one attached hydrogen (secondary N) is 2. The molecule has 1 saturated heterocycles. The van der Waals surface area contributed by atoms with Crippen LogP contribution in [-0.4, -0.2) is 66.9 Å². The lowest BCUT2D eigenvalue weighted by molar-refractivity contribution is -0.288. The molecule has 228 valence electrons. The van der Waals surface area contributed by atoms with Crippen molar-refractivity contribution < 1.29 is 40.0 Å². The molecule has 0 bridgehead atoms. The molecule has 8 nitrogen and oxygen atoms in total. The fourth-order valence-corrected chi connectivity index (χ4v) is 7.43. The molecule has 2 fully saturated rings. The van der Waals surface area contributed by atoms with Gasteiger partial charge in [-0.25, -0.2) is 12.7 Å². The second-order valence-electron chi connectivity index (χ2n) is 11.4. The van der Waals surface area contributed by atoms with Crippen molar-refractivity contribution in [1.29, 1.82) is 0 Å². The van der Waals surface area contributed by atoms with Crippen molar-refractivity contribution in [3.63, 3.8) is 0 Å². The minimum absolute atomic E-state index is 0.113. The van der Waals surface area contributed by atoms with Gasteiger partial charge in [-0.15, -0.1) is 0 Å². The van der Waals surface area contributed by atoms with Gasteiger partial charge in [0, 0.05) is 38.0 Å². The largest absolute Gasteiger partial charge is 0.453 e. The number of hydrogen-bond acceptors (Lipinski definition) is 5. The molecule has 1 spiro atoms. The molecule has 41 heavy (non-hydrogen) atoms. The van der Waals surface area contributed by atoms with Gasteiger partial charge >= 0.3 is 12.1 Å². The molecular formula is C27H35F5N4O4S. The average Bonchev–Trinajstić information content (AvgIpc) is 3.18. The molecule has 0 atom stereocenters. The maximum atomic E-state index is 13.5. The van der Waals surface area contributed by atoms with E-state index in [1.165, 1.54) is 11.2 Å². The van der Waals surface area contributed by atoms with Crippen LogP contribution in [0.4, 0.5) is 27.6 Å². The lowest BCUT2D eigenvalue weighted by Crippen LogP contribution is -2.51. The van der Waals surface area contributed by atoms with Gasteiger partial charge in [0.05, 0.1) is 5.75 Å². The van der Waals surface area contributed by atoms with Crippen molar-refractivity contribution in [3.05, 3.63) is 29.3 Å². The van der Waals surface area contributed by atoms with Gasteiger partial charge in [0.1, 0.15) is 11.4 Å². The van der Waals surface area contributed by atoms with Gasteiger partial charge in [-0.3, -0.25) is 14.6 Å². The number of anilines is 1. The van der Waals surface area contributed by atoms with E-state index in [-0.39, 0.29) is 68.7 Å². The first-order chi connectivity index (χ1) is 19.0. The van der Waals surface area contributed by atoms with Crippen LogP contribution in [0.15, 0.2) is 23.2 Å². The highest BCUT2D eigenvalue weighted by Crippen LogP contribution is 2.44. The number of halogens is 5. The number of rotatable bonds is 8. The minimum atomic E-state index is -5.57. The number of carbonyl (C=O) groups is 2. The van der Waals surface area contributed by atoms with Gasteiger partial charge in [0.15, 0.2) is 0 Å². The van der Waals surface area contributed by atoms with Crippen molar-refractivity contribution >= 4 is 33.4 Å². The second-order valence-corrected chi connectivity index (χ2v) is 13.5. The number of amides is 2. The lowest BCUT2D eigenvalue weighted by Gasteiger charge is -2.34. The molecule has 1 aromatic carbocycles. The fourth-order valence-electron chi connectivity index (χ4n) is 5.95. The van der Waals surface area contributed by atoms with Crippen molar-refractivity contribution in [2.75, 3.05) is 24.2 Å². The average molecular weight is 607 g/mol. The summed E-state index contributed by atoms with van der Waals surface area (Å²) in [5.41, 5.74) is 1.24. The highest BCUT2D eigenvalue weighted by Gasteiger charge is 2.58. The Kier molecular flexibility index (Phi) is 8.85. The SMILES string of the molecule is CC(=O)Nc1ccc(CCS(=O)(=O)N2CCC3(CC2)N=C([C@H]2CC[C@@H](CC(F)(F)C(F)(F)F)CC2)NC3=O)c(C)c1. The predicted octanol–water partition coefficient (Wildman–Crippen LogP) is 4.58. The Morgan fingerprint density at radius 2 is 1.76 bits per heavy atom. The number of aryl methyl sites for hydroxylation is 2. The zero-order valence-electron chi connectivity index (χ0n) is 23.0. The van der Waals surface area contributed by atoms with Crippen LogP contribution < -0.4 is 10.6 Å². The number of alkyl halides is 5. The van der Waals surface area contributed by atoms with Crippen LogP contribution in [0.1, 0.15) is 63.0 Å². The van der Waals surface area contributed by atoms with E-state index >= 15 is 0 Å². The maximum absolute atomic E-state index is 13.5. The zero-order valence-corrected chi connectivity index (χ0v) is 23.8. The molecule has 0 radical (unpaired) electrons. The van der Waals surface area contributed by atoms with Crippen molar-refractivity contribution in [2.45, 2.75) is 82.9 Å². The van der Waals surface area contributed by atoms with E-state index in [0.29, 0.717) is 24.4 Å². The Morgan fingerprint density at radius 1 is 1.12 bits per heavy atom. The van der Waals surface area contributed by atoms with E-state index in [0.717, 1.165) is 11.1 Å². The third kappa shape index (κ3) is 7.07. The lowest BCUT2D eigenvalue weighted by atomic mass is 9.79. The predicted molar refractivity (Wildman–Crippen MR) is 143 cm³/mol. The number of piperidine rings is 1. The van der Waals surface area contributed by atoms with E-state index in [1.54, 1.807) is 18.2 Å². The summed E-state index contributed by atoms with van der Waals surface area (Å²) in [5.74, 6) is -5.94. The summed E-state index contributed by atoms with van der Waals surface area (Å²) in [7, 11) is -3.61. The molecule has 2 amide bonds. The Bertz CT molecular complexity index is 1300. The first kappa shape index (κ1) is 31.3. The van der Waals surface area contributed by atoms with E-state index in [4.69, 9.17) is 0 Å². The summed E-state index contributed by atoms with van der Waals surface area (Å²) in [6.07, 6.45) is -5.08. The van der Waals surface area contributed by atoms with Gasteiger partial charge in [0.25, 0.3) is 5.91 Å². The van der Waals surface area contributed by atoms with E-state index in [1.807, 2.05) is 6.92 Å². The number of sulfonamides is 1. The molecule has 2 N–H and O–H groups in total. The highest BCUT2D eigenvalue weighted by atomic mass is 32.2. The van der Waals surface area contributed by atoms with Gasteiger partial charge < -0.3 is 10.6 Å². The Hall–Kier alpha value is -2.61. The monoisotopic (exact) mass is 606 g/mol. The van der Waals surface area contributed by atoms with Crippen LogP contribution in [0.5, 0.6) is 0 Å². The Labute approximate surface area is 236 Å². The third-order valence-electron chi connectivity index (χ3n) is 8.43. The zero-order chi connectivity index (χ0) is 30.2. The van der Waals surface area contributed by atoms with Crippen LogP contribution in [0, 0.1) is 18.8 Å². The van der Waals surface area contributed by atoms with Crippen molar-refractivity contribution in [3.8, 4) is 0 Å². The first-order valence-corrected chi connectivity index (χ1v) is 15.3. The molecule has 1 aliphatic carbocycles. The Morgan fingerprint density at radius 3 is 2.32 bits per heavy atom. The molecular weight excluding hydrogens is 571 g/mol. The smallest absolute Gasteiger partial charge is 0.326 e. The fraction of sp³-hybridized carbons (Fsp3) is 0.667. The summed E-state index contributed by atoms with van der Waals surface area (Å²) in [4.78, 5) is 28.8. The molecule has 1 saturated carbocycles. The summed E-state index contributed by atoms with van der Waals surface area (Å²) in [6.45, 7) is 3.48. The van der Waals surface area contributed by atoms with Crippen molar-refractivity contribution in [1.82, 2.24) is 9.62 Å². The quantitative estimate of drug-likeness (QED) is 0.423. The molecule has 1 aromatic rings. The van der Waals surface area contributed by atoms with Crippen LogP contribution in [0.25, 0.3) is 0 Å². The number of amidine groups is 1. The molecule has 4 rings (SSSR count). The normalized spacial score (nSPS) is 23.8. The van der Waals surface area contributed by atoms with Gasteiger partial charge in [-0.1, -0.05) is 6.07 Å². The van der Waals surface area contributed by atoms with Gasteiger partial charge in [0.2, 0.25) is 15.9 Å². The molecule has 2 aliphatic heterocycles. The maximum Gasteiger partial charge on any atom is 0.453 e. The third-order valence-corrected chi connectivity index (χ3v) is 10.3. The molecule has 3 aliphatic rings. The van der Waals surface area contributed by atoms with Gasteiger partial charge in [-0.2, -0.15) is 22.0 Å². The number of aliphatic imine (C=N–C) groups is 1. The highest BCUT2D eigenvalue weighted by molar-refractivity contribution is 7.89. The first-order valence-electron chi connectivity index (χ1n) is 13.7. The standard InChI is InChI=1S/C27H35F5N4O4S/c1-17-15-22(33-18(2)37)8-7-20(17)9-14-41(39,40)36-12-10-25(11-13-36)24(38)34-23(35-25)21-5-3-19(4-6-21)16-26(28,29)27(30,31)32/h7-8,15,19,21H,3-6,9-14,16H2,1-2H3,(H,33,37)(H,34,35,38)/t19-,21+.